The van der Waals surface area contributed by atoms with Crippen molar-refractivity contribution < 1.29 is 0 Å². The lowest BCUT2D eigenvalue weighted by atomic mass is 10.2. The van der Waals surface area contributed by atoms with Crippen LogP contribution in [0.4, 0.5) is 0 Å². The first-order valence-corrected chi connectivity index (χ1v) is 8.48. The van der Waals surface area contributed by atoms with Gasteiger partial charge in [-0.1, -0.05) is 26.0 Å². The van der Waals surface area contributed by atoms with E-state index in [-0.39, 0.29) is 5.56 Å². The standard InChI is InChI=1S/C20H20N4O/c1-13(2)11-23-12-22-17-16-8-5-9-21-19(16)24(20(25)18(17)23)15-7-4-6-14(3)10-15/h4-10,12-13H,11H2,1-3H3. The Balaban J connectivity index is 2.16. The minimum atomic E-state index is -0.0787. The van der Waals surface area contributed by atoms with Crippen LogP contribution in [-0.4, -0.2) is 19.1 Å². The molecule has 0 fully saturated rings. The number of fused-ring (bicyclic) bond motifs is 3. The molecule has 1 aromatic carbocycles. The maximum absolute atomic E-state index is 13.4. The molecular formula is C20H20N4O. The van der Waals surface area contributed by atoms with Crippen LogP contribution in [0.15, 0.2) is 53.7 Å². The Hall–Kier alpha value is -2.95. The molecule has 0 aliphatic carbocycles. The topological polar surface area (TPSA) is 52.7 Å². The summed E-state index contributed by atoms with van der Waals surface area (Å²) >= 11 is 0. The lowest BCUT2D eigenvalue weighted by Crippen LogP contribution is -2.22. The third-order valence-electron chi connectivity index (χ3n) is 4.32. The average Bonchev–Trinajstić information content (AvgIpc) is 2.99. The molecule has 0 N–H and O–H groups in total. The number of nitrogens with zero attached hydrogens (tertiary/aromatic N) is 4. The van der Waals surface area contributed by atoms with Crippen molar-refractivity contribution in [3.63, 3.8) is 0 Å². The normalized spacial score (nSPS) is 11.7. The van der Waals surface area contributed by atoms with Crippen molar-refractivity contribution >= 4 is 22.1 Å². The quantitative estimate of drug-likeness (QED) is 0.575. The van der Waals surface area contributed by atoms with Crippen molar-refractivity contribution in [2.24, 2.45) is 5.92 Å². The molecule has 3 heterocycles. The Morgan fingerprint density at radius 3 is 2.72 bits per heavy atom. The Labute approximate surface area is 145 Å². The second-order valence-corrected chi connectivity index (χ2v) is 6.84. The van der Waals surface area contributed by atoms with E-state index in [1.54, 1.807) is 17.1 Å². The molecule has 5 heteroatoms. The van der Waals surface area contributed by atoms with Crippen LogP contribution in [0.2, 0.25) is 0 Å². The molecule has 25 heavy (non-hydrogen) atoms. The molecule has 0 spiro atoms. The van der Waals surface area contributed by atoms with Gasteiger partial charge in [0.15, 0.2) is 0 Å². The number of benzene rings is 1. The maximum atomic E-state index is 13.4. The summed E-state index contributed by atoms with van der Waals surface area (Å²) in [6.07, 6.45) is 3.48. The smallest absolute Gasteiger partial charge is 0.282 e. The van der Waals surface area contributed by atoms with Gasteiger partial charge in [0.05, 0.1) is 12.0 Å². The van der Waals surface area contributed by atoms with Crippen molar-refractivity contribution in [3.05, 3.63) is 64.8 Å². The fourth-order valence-electron chi connectivity index (χ4n) is 3.30. The van der Waals surface area contributed by atoms with E-state index in [2.05, 4.69) is 23.8 Å². The molecule has 0 unspecified atom stereocenters. The SMILES string of the molecule is Cc1cccc(-n2c(=O)c3c(ncn3CC(C)C)c3cccnc32)c1. The predicted octanol–water partition coefficient (Wildman–Crippen LogP) is 3.70. The van der Waals surface area contributed by atoms with Crippen LogP contribution in [0.1, 0.15) is 19.4 Å². The van der Waals surface area contributed by atoms with Gasteiger partial charge >= 0.3 is 0 Å². The van der Waals surface area contributed by atoms with Gasteiger partial charge in [0.25, 0.3) is 5.56 Å². The molecule has 0 amide bonds. The minimum absolute atomic E-state index is 0.0787. The summed E-state index contributed by atoms with van der Waals surface area (Å²) in [7, 11) is 0. The van der Waals surface area contributed by atoms with Crippen molar-refractivity contribution in [1.82, 2.24) is 19.1 Å². The summed E-state index contributed by atoms with van der Waals surface area (Å²) in [5.41, 5.74) is 3.84. The predicted molar refractivity (Wildman–Crippen MR) is 100 cm³/mol. The summed E-state index contributed by atoms with van der Waals surface area (Å²) in [5.74, 6) is 0.425. The van der Waals surface area contributed by atoms with Crippen LogP contribution in [-0.2, 0) is 6.54 Å². The van der Waals surface area contributed by atoms with Crippen LogP contribution in [0.3, 0.4) is 0 Å². The molecule has 0 bridgehead atoms. The van der Waals surface area contributed by atoms with Crippen molar-refractivity contribution in [3.8, 4) is 5.69 Å². The summed E-state index contributed by atoms with van der Waals surface area (Å²) in [6, 6.07) is 11.8. The lowest BCUT2D eigenvalue weighted by molar-refractivity contribution is 0.531. The number of rotatable bonds is 3. The van der Waals surface area contributed by atoms with Crippen LogP contribution in [0.5, 0.6) is 0 Å². The van der Waals surface area contributed by atoms with E-state index in [9.17, 15) is 4.79 Å². The molecule has 3 aromatic heterocycles. The van der Waals surface area contributed by atoms with Crippen LogP contribution in [0.25, 0.3) is 27.8 Å². The van der Waals surface area contributed by atoms with Crippen LogP contribution < -0.4 is 5.56 Å². The molecule has 0 aliphatic heterocycles. The number of imidazole rings is 1. The molecule has 5 nitrogen and oxygen atoms in total. The van der Waals surface area contributed by atoms with Crippen molar-refractivity contribution in [1.29, 1.82) is 0 Å². The molecule has 0 atom stereocenters. The summed E-state index contributed by atoms with van der Waals surface area (Å²) in [5, 5.41) is 0.890. The number of aryl methyl sites for hydroxylation is 1. The van der Waals surface area contributed by atoms with Gasteiger partial charge in [0, 0.05) is 18.1 Å². The molecule has 126 valence electrons. The highest BCUT2D eigenvalue weighted by Crippen LogP contribution is 2.23. The van der Waals surface area contributed by atoms with E-state index < -0.39 is 0 Å². The second kappa shape index (κ2) is 5.84. The molecule has 4 aromatic rings. The number of aromatic nitrogens is 4. The van der Waals surface area contributed by atoms with Gasteiger partial charge in [-0.15, -0.1) is 0 Å². The van der Waals surface area contributed by atoms with Gasteiger partial charge in [-0.3, -0.25) is 9.36 Å². The summed E-state index contributed by atoms with van der Waals surface area (Å²) < 4.78 is 3.66. The third-order valence-corrected chi connectivity index (χ3v) is 4.32. The summed E-state index contributed by atoms with van der Waals surface area (Å²) in [4.78, 5) is 22.4. The highest BCUT2D eigenvalue weighted by atomic mass is 16.1. The molecule has 0 saturated carbocycles. The Morgan fingerprint density at radius 1 is 1.12 bits per heavy atom. The van der Waals surface area contributed by atoms with E-state index in [4.69, 9.17) is 0 Å². The average molecular weight is 332 g/mol. The Kier molecular flexibility index (Phi) is 3.64. The minimum Gasteiger partial charge on any atom is -0.326 e. The van der Waals surface area contributed by atoms with Gasteiger partial charge in [-0.25, -0.2) is 9.97 Å². The van der Waals surface area contributed by atoms with Crippen molar-refractivity contribution in [2.75, 3.05) is 0 Å². The second-order valence-electron chi connectivity index (χ2n) is 6.84. The number of pyridine rings is 2. The Bertz CT molecular complexity index is 1140. The zero-order chi connectivity index (χ0) is 17.6. The van der Waals surface area contributed by atoms with E-state index in [1.807, 2.05) is 47.9 Å². The molecular weight excluding hydrogens is 312 g/mol. The van der Waals surface area contributed by atoms with Crippen LogP contribution in [0, 0.1) is 12.8 Å². The maximum Gasteiger partial charge on any atom is 0.282 e. The molecule has 4 rings (SSSR count). The van der Waals surface area contributed by atoms with Crippen LogP contribution >= 0.6 is 0 Å². The van der Waals surface area contributed by atoms with Gasteiger partial charge in [-0.05, 0) is 42.7 Å². The van der Waals surface area contributed by atoms with Gasteiger partial charge < -0.3 is 4.57 Å². The lowest BCUT2D eigenvalue weighted by Gasteiger charge is -2.13. The highest BCUT2D eigenvalue weighted by molar-refractivity contribution is 6.01. The first-order chi connectivity index (χ1) is 12.1. The largest absolute Gasteiger partial charge is 0.326 e. The summed E-state index contributed by atoms with van der Waals surface area (Å²) in [6.45, 7) is 7.04. The van der Waals surface area contributed by atoms with E-state index in [0.29, 0.717) is 17.1 Å². The van der Waals surface area contributed by atoms with E-state index >= 15 is 0 Å². The molecule has 0 saturated heterocycles. The fourth-order valence-corrected chi connectivity index (χ4v) is 3.30. The Morgan fingerprint density at radius 2 is 1.96 bits per heavy atom. The third kappa shape index (κ3) is 2.52. The molecule has 0 radical (unpaired) electrons. The van der Waals surface area contributed by atoms with E-state index in [1.165, 1.54) is 0 Å². The van der Waals surface area contributed by atoms with Gasteiger partial charge in [0.2, 0.25) is 0 Å². The zero-order valence-electron chi connectivity index (χ0n) is 14.6. The first kappa shape index (κ1) is 15.6. The zero-order valence-corrected chi connectivity index (χ0v) is 14.6. The van der Waals surface area contributed by atoms with E-state index in [0.717, 1.165) is 28.7 Å². The van der Waals surface area contributed by atoms with Gasteiger partial charge in [-0.2, -0.15) is 0 Å². The van der Waals surface area contributed by atoms with Gasteiger partial charge in [0.1, 0.15) is 16.7 Å². The first-order valence-electron chi connectivity index (χ1n) is 8.48. The highest BCUT2D eigenvalue weighted by Gasteiger charge is 2.17. The number of hydrogen-bond donors (Lipinski definition) is 0. The fraction of sp³-hybridized carbons (Fsp3) is 0.250. The monoisotopic (exact) mass is 332 g/mol. The molecule has 0 aliphatic rings. The van der Waals surface area contributed by atoms with Crippen molar-refractivity contribution in [2.45, 2.75) is 27.3 Å². The number of hydrogen-bond acceptors (Lipinski definition) is 3.